The molecule has 2 fully saturated rings. The molecule has 0 aromatic heterocycles. The molecule has 2 aliphatic heterocycles. The average Bonchev–Trinajstić information content (AvgIpc) is 2.79. The molecule has 3 unspecified atom stereocenters. The van der Waals surface area contributed by atoms with Gasteiger partial charge in [-0.15, -0.1) is 0 Å². The average molecular weight is 365 g/mol. The molecule has 1 aromatic rings. The van der Waals surface area contributed by atoms with E-state index in [1.807, 2.05) is 6.07 Å². The second-order valence-corrected chi connectivity index (χ2v) is 7.38. The van der Waals surface area contributed by atoms with Gasteiger partial charge in [-0.25, -0.2) is 0 Å². The highest BCUT2D eigenvalue weighted by Gasteiger charge is 2.39. The molecular weight excluding hydrogens is 340 g/mol. The van der Waals surface area contributed by atoms with Crippen molar-refractivity contribution in [1.29, 1.82) is 0 Å². The van der Waals surface area contributed by atoms with Gasteiger partial charge >= 0.3 is 0 Å². The standard InChI is InChI=1S/C18H25BrN2O/c1-2-13(11-14-5-3-4-6-17(14)19)18(22)21-15-7-8-16(21)12-20-10-9-15/h3-6,13,15-16,20H,2,7-12H2,1H3. The van der Waals surface area contributed by atoms with Gasteiger partial charge in [0.15, 0.2) is 0 Å². The fourth-order valence-corrected chi connectivity index (χ4v) is 4.34. The highest BCUT2D eigenvalue weighted by atomic mass is 79.9. The van der Waals surface area contributed by atoms with Crippen LogP contribution in [0.25, 0.3) is 0 Å². The molecule has 0 saturated carbocycles. The molecule has 4 heteroatoms. The van der Waals surface area contributed by atoms with Crippen molar-refractivity contribution in [2.45, 2.75) is 51.1 Å². The van der Waals surface area contributed by atoms with E-state index in [0.29, 0.717) is 18.0 Å². The molecule has 0 spiro atoms. The third-order valence-corrected chi connectivity index (χ3v) is 5.95. The molecule has 3 nitrogen and oxygen atoms in total. The number of carbonyl (C=O) groups excluding carboxylic acids is 1. The predicted molar refractivity (Wildman–Crippen MR) is 92.8 cm³/mol. The van der Waals surface area contributed by atoms with Crippen molar-refractivity contribution in [3.63, 3.8) is 0 Å². The van der Waals surface area contributed by atoms with E-state index in [1.54, 1.807) is 0 Å². The Morgan fingerprint density at radius 3 is 2.86 bits per heavy atom. The molecule has 1 N–H and O–H groups in total. The number of amides is 1. The number of halogens is 1. The van der Waals surface area contributed by atoms with Crippen LogP contribution in [-0.4, -0.2) is 36.0 Å². The molecule has 2 saturated heterocycles. The molecule has 2 aliphatic rings. The first kappa shape index (κ1) is 16.0. The number of benzene rings is 1. The van der Waals surface area contributed by atoms with Crippen LogP contribution >= 0.6 is 15.9 Å². The van der Waals surface area contributed by atoms with Crippen molar-refractivity contribution in [2.24, 2.45) is 5.92 Å². The lowest BCUT2D eigenvalue weighted by atomic mass is 9.94. The third-order valence-electron chi connectivity index (χ3n) is 5.17. The van der Waals surface area contributed by atoms with Crippen LogP contribution in [0.1, 0.15) is 38.2 Å². The first-order valence-corrected chi connectivity index (χ1v) is 9.26. The van der Waals surface area contributed by atoms with Gasteiger partial charge in [0.25, 0.3) is 0 Å². The maximum atomic E-state index is 13.1. The molecule has 2 heterocycles. The van der Waals surface area contributed by atoms with Crippen LogP contribution in [0.3, 0.4) is 0 Å². The lowest BCUT2D eigenvalue weighted by molar-refractivity contribution is -0.138. The molecule has 22 heavy (non-hydrogen) atoms. The van der Waals surface area contributed by atoms with Gasteiger partial charge in [0, 0.05) is 29.0 Å². The van der Waals surface area contributed by atoms with E-state index in [4.69, 9.17) is 0 Å². The lowest BCUT2D eigenvalue weighted by Gasteiger charge is -2.31. The van der Waals surface area contributed by atoms with Gasteiger partial charge < -0.3 is 10.2 Å². The Hall–Kier alpha value is -0.870. The first-order valence-electron chi connectivity index (χ1n) is 8.47. The van der Waals surface area contributed by atoms with Gasteiger partial charge in [-0.1, -0.05) is 41.1 Å². The first-order chi connectivity index (χ1) is 10.7. The number of rotatable bonds is 4. The van der Waals surface area contributed by atoms with Gasteiger partial charge in [0.1, 0.15) is 0 Å². The summed E-state index contributed by atoms with van der Waals surface area (Å²) in [5, 5.41) is 3.48. The Bertz CT molecular complexity index is 520. The molecule has 120 valence electrons. The quantitative estimate of drug-likeness (QED) is 0.887. The molecule has 3 atom stereocenters. The summed E-state index contributed by atoms with van der Waals surface area (Å²) in [7, 11) is 0. The monoisotopic (exact) mass is 364 g/mol. The van der Waals surface area contributed by atoms with Crippen molar-refractivity contribution >= 4 is 21.8 Å². The Balaban J connectivity index is 1.75. The lowest BCUT2D eigenvalue weighted by Crippen LogP contribution is -2.45. The minimum absolute atomic E-state index is 0.0971. The molecule has 0 radical (unpaired) electrons. The second-order valence-electron chi connectivity index (χ2n) is 6.52. The zero-order valence-electron chi connectivity index (χ0n) is 13.2. The van der Waals surface area contributed by atoms with Crippen LogP contribution in [0.5, 0.6) is 0 Å². The summed E-state index contributed by atoms with van der Waals surface area (Å²) in [6.07, 6.45) is 5.19. The summed E-state index contributed by atoms with van der Waals surface area (Å²) in [6.45, 7) is 4.15. The smallest absolute Gasteiger partial charge is 0.226 e. The minimum Gasteiger partial charge on any atom is -0.335 e. The highest BCUT2D eigenvalue weighted by Crippen LogP contribution is 2.31. The predicted octanol–water partition coefficient (Wildman–Crippen LogP) is 3.37. The largest absolute Gasteiger partial charge is 0.335 e. The Morgan fingerprint density at radius 1 is 1.32 bits per heavy atom. The van der Waals surface area contributed by atoms with Gasteiger partial charge in [-0.05, 0) is 50.3 Å². The van der Waals surface area contributed by atoms with E-state index in [2.05, 4.69) is 51.3 Å². The maximum Gasteiger partial charge on any atom is 0.226 e. The highest BCUT2D eigenvalue weighted by molar-refractivity contribution is 9.10. The van der Waals surface area contributed by atoms with E-state index in [-0.39, 0.29) is 5.92 Å². The van der Waals surface area contributed by atoms with Crippen LogP contribution in [0.4, 0.5) is 0 Å². The normalized spacial score (nSPS) is 25.8. The number of fused-ring (bicyclic) bond motifs is 2. The Morgan fingerprint density at radius 2 is 2.09 bits per heavy atom. The van der Waals surface area contributed by atoms with Crippen molar-refractivity contribution in [3.05, 3.63) is 34.3 Å². The molecule has 3 rings (SSSR count). The number of hydrogen-bond acceptors (Lipinski definition) is 2. The molecular formula is C18H25BrN2O. The summed E-state index contributed by atoms with van der Waals surface area (Å²) in [5.74, 6) is 0.467. The van der Waals surface area contributed by atoms with E-state index in [0.717, 1.165) is 43.2 Å². The van der Waals surface area contributed by atoms with E-state index in [1.165, 1.54) is 12.0 Å². The van der Waals surface area contributed by atoms with Crippen LogP contribution in [0.2, 0.25) is 0 Å². The SMILES string of the molecule is CCC(Cc1ccccc1Br)C(=O)N1C2CCNCC1CC2. The van der Waals surface area contributed by atoms with Gasteiger partial charge in [-0.3, -0.25) is 4.79 Å². The number of nitrogens with zero attached hydrogens (tertiary/aromatic N) is 1. The van der Waals surface area contributed by atoms with Crippen molar-refractivity contribution in [2.75, 3.05) is 13.1 Å². The molecule has 1 amide bonds. The fourth-order valence-electron chi connectivity index (χ4n) is 3.89. The summed E-state index contributed by atoms with van der Waals surface area (Å²) >= 11 is 3.61. The molecule has 2 bridgehead atoms. The summed E-state index contributed by atoms with van der Waals surface area (Å²) in [5.41, 5.74) is 1.24. The van der Waals surface area contributed by atoms with E-state index < -0.39 is 0 Å². The van der Waals surface area contributed by atoms with Crippen LogP contribution in [0, 0.1) is 5.92 Å². The number of hydrogen-bond donors (Lipinski definition) is 1. The minimum atomic E-state index is 0.0971. The fraction of sp³-hybridized carbons (Fsp3) is 0.611. The summed E-state index contributed by atoms with van der Waals surface area (Å²) < 4.78 is 1.11. The molecule has 1 aromatic carbocycles. The zero-order valence-corrected chi connectivity index (χ0v) is 14.8. The second kappa shape index (κ2) is 7.14. The van der Waals surface area contributed by atoms with Crippen LogP contribution in [-0.2, 0) is 11.2 Å². The van der Waals surface area contributed by atoms with Gasteiger partial charge in [0.05, 0.1) is 0 Å². The van der Waals surface area contributed by atoms with Crippen LogP contribution < -0.4 is 5.32 Å². The van der Waals surface area contributed by atoms with Crippen LogP contribution in [0.15, 0.2) is 28.7 Å². The number of carbonyl (C=O) groups is 1. The van der Waals surface area contributed by atoms with Gasteiger partial charge in [0.2, 0.25) is 5.91 Å². The maximum absolute atomic E-state index is 13.1. The van der Waals surface area contributed by atoms with Crippen molar-refractivity contribution in [1.82, 2.24) is 10.2 Å². The summed E-state index contributed by atoms with van der Waals surface area (Å²) in [6, 6.07) is 9.13. The van der Waals surface area contributed by atoms with Gasteiger partial charge in [-0.2, -0.15) is 0 Å². The summed E-state index contributed by atoms with van der Waals surface area (Å²) in [4.78, 5) is 15.4. The Kier molecular flexibility index (Phi) is 5.19. The van der Waals surface area contributed by atoms with E-state index in [9.17, 15) is 4.79 Å². The molecule has 0 aliphatic carbocycles. The number of nitrogens with one attached hydrogen (secondary N) is 1. The third kappa shape index (κ3) is 3.23. The zero-order chi connectivity index (χ0) is 15.5. The van der Waals surface area contributed by atoms with Crippen molar-refractivity contribution in [3.8, 4) is 0 Å². The topological polar surface area (TPSA) is 32.3 Å². The Labute approximate surface area is 141 Å². The van der Waals surface area contributed by atoms with Crippen molar-refractivity contribution < 1.29 is 4.79 Å². The van der Waals surface area contributed by atoms with E-state index >= 15 is 0 Å².